The topological polar surface area (TPSA) is 41.5 Å². The Kier molecular flexibility index (Phi) is 4.51. The molecule has 29 heavy (non-hydrogen) atoms. The number of nitrogens with one attached hydrogen (secondary N) is 1. The van der Waals surface area contributed by atoms with Crippen LogP contribution in [-0.4, -0.2) is 11.5 Å². The van der Waals surface area contributed by atoms with E-state index in [9.17, 15) is 4.79 Å². The molecule has 0 spiro atoms. The van der Waals surface area contributed by atoms with Gasteiger partial charge in [-0.05, 0) is 48.1 Å². The van der Waals surface area contributed by atoms with Crippen LogP contribution in [0.2, 0.25) is 0 Å². The van der Waals surface area contributed by atoms with Crippen LogP contribution in [0.4, 0.5) is 11.4 Å². The summed E-state index contributed by atoms with van der Waals surface area (Å²) in [6.45, 7) is 2.12. The molecule has 3 unspecified atom stereocenters. The van der Waals surface area contributed by atoms with Crippen molar-refractivity contribution in [3.05, 3.63) is 95.6 Å². The fourth-order valence-electron chi connectivity index (χ4n) is 4.75. The fraction of sp³-hybridized carbons (Fsp3) is 0.231. The maximum Gasteiger partial charge on any atom is 0.144 e. The highest BCUT2D eigenvalue weighted by Crippen LogP contribution is 2.44. The molecule has 1 heterocycles. The van der Waals surface area contributed by atoms with Gasteiger partial charge in [0.15, 0.2) is 0 Å². The first-order valence-corrected chi connectivity index (χ1v) is 10.3. The van der Waals surface area contributed by atoms with Gasteiger partial charge in [-0.15, -0.1) is 0 Å². The first-order valence-electron chi connectivity index (χ1n) is 10.3. The van der Waals surface area contributed by atoms with Crippen LogP contribution in [0.15, 0.2) is 83.9 Å². The second-order valence-electron chi connectivity index (χ2n) is 8.06. The molecule has 3 aromatic rings. The number of nitrogens with zero attached hydrogens (tertiary/aromatic N) is 1. The maximum absolute atomic E-state index is 13.5. The lowest BCUT2D eigenvalue weighted by Gasteiger charge is -2.34. The molecule has 144 valence electrons. The van der Waals surface area contributed by atoms with Crippen molar-refractivity contribution in [2.75, 3.05) is 5.32 Å². The average Bonchev–Trinajstić information content (AvgIpc) is 2.91. The summed E-state index contributed by atoms with van der Waals surface area (Å²) < 4.78 is 0. The molecule has 1 saturated carbocycles. The zero-order valence-electron chi connectivity index (χ0n) is 16.5. The molecule has 1 aliphatic carbocycles. The Morgan fingerprint density at radius 1 is 0.862 bits per heavy atom. The number of aryl methyl sites for hydroxylation is 1. The molecular weight excluding hydrogens is 356 g/mol. The third-order valence-electron chi connectivity index (χ3n) is 6.22. The van der Waals surface area contributed by atoms with Crippen LogP contribution in [0, 0.1) is 12.8 Å². The van der Waals surface area contributed by atoms with Crippen molar-refractivity contribution >= 4 is 22.9 Å². The molecule has 3 nitrogen and oxygen atoms in total. The van der Waals surface area contributed by atoms with E-state index in [0.29, 0.717) is 6.42 Å². The lowest BCUT2D eigenvalue weighted by molar-refractivity contribution is -0.122. The molecule has 0 amide bonds. The van der Waals surface area contributed by atoms with Gasteiger partial charge in [0.05, 0.1) is 23.3 Å². The minimum Gasteiger partial charge on any atom is -0.375 e. The zero-order valence-corrected chi connectivity index (χ0v) is 16.5. The molecule has 1 N–H and O–H groups in total. The Balaban J connectivity index is 1.62. The van der Waals surface area contributed by atoms with Crippen molar-refractivity contribution in [2.24, 2.45) is 10.9 Å². The highest BCUT2D eigenvalue weighted by Gasteiger charge is 2.41. The van der Waals surface area contributed by atoms with Gasteiger partial charge < -0.3 is 5.32 Å². The summed E-state index contributed by atoms with van der Waals surface area (Å²) in [5, 5.41) is 3.67. The normalized spacial score (nSPS) is 23.3. The van der Waals surface area contributed by atoms with Crippen LogP contribution in [0.5, 0.6) is 0 Å². The third kappa shape index (κ3) is 3.27. The number of anilines is 1. The molecule has 1 aliphatic heterocycles. The summed E-state index contributed by atoms with van der Waals surface area (Å²) in [7, 11) is 0. The van der Waals surface area contributed by atoms with E-state index < -0.39 is 0 Å². The Hall–Kier alpha value is -3.20. The molecule has 1 fully saturated rings. The van der Waals surface area contributed by atoms with E-state index in [0.717, 1.165) is 23.5 Å². The van der Waals surface area contributed by atoms with E-state index in [2.05, 4.69) is 48.6 Å². The largest absolute Gasteiger partial charge is 0.375 e. The molecule has 0 radical (unpaired) electrons. The Morgan fingerprint density at radius 2 is 1.59 bits per heavy atom. The number of Topliss-reactive ketones (excluding diaryl/α,β-unsaturated/α-hetero) is 1. The fourth-order valence-corrected chi connectivity index (χ4v) is 4.75. The van der Waals surface area contributed by atoms with Gasteiger partial charge in [0.25, 0.3) is 0 Å². The average molecular weight is 380 g/mol. The Morgan fingerprint density at radius 3 is 2.41 bits per heavy atom. The first-order chi connectivity index (χ1) is 14.2. The minimum absolute atomic E-state index is 0.0946. The number of fused-ring (bicyclic) bond motifs is 2. The lowest BCUT2D eigenvalue weighted by atomic mass is 9.72. The summed E-state index contributed by atoms with van der Waals surface area (Å²) in [4.78, 5) is 18.5. The number of ketones is 1. The van der Waals surface area contributed by atoms with Crippen molar-refractivity contribution in [3.63, 3.8) is 0 Å². The van der Waals surface area contributed by atoms with E-state index in [1.807, 2.05) is 42.5 Å². The highest BCUT2D eigenvalue weighted by molar-refractivity contribution is 6.10. The van der Waals surface area contributed by atoms with Gasteiger partial charge in [-0.1, -0.05) is 66.7 Å². The summed E-state index contributed by atoms with van der Waals surface area (Å²) in [6.07, 6.45) is 1.38. The van der Waals surface area contributed by atoms with Crippen molar-refractivity contribution in [1.29, 1.82) is 0 Å². The smallest absolute Gasteiger partial charge is 0.144 e. The molecule has 3 heteroatoms. The number of benzene rings is 3. The summed E-state index contributed by atoms with van der Waals surface area (Å²) in [5.74, 6) is 0.238. The number of hydrogen-bond donors (Lipinski definition) is 1. The van der Waals surface area contributed by atoms with Gasteiger partial charge in [-0.3, -0.25) is 9.79 Å². The van der Waals surface area contributed by atoms with E-state index in [4.69, 9.17) is 4.99 Å². The highest BCUT2D eigenvalue weighted by atomic mass is 16.1. The standard InChI is InChI=1S/C26H24N2O/c1-17-9-5-6-12-20(17)26-25-23(27-21-13-7-8-14-22(21)28-26)15-19(16-24(25)29)18-10-3-2-4-11-18/h2-14,19,25-26,28H,15-16H2,1H3. The second-order valence-corrected chi connectivity index (χ2v) is 8.06. The number of carbonyl (C=O) groups excluding carboxylic acids is 1. The predicted octanol–water partition coefficient (Wildman–Crippen LogP) is 6.00. The van der Waals surface area contributed by atoms with Gasteiger partial charge in [0, 0.05) is 12.1 Å². The van der Waals surface area contributed by atoms with Crippen LogP contribution in [0.25, 0.3) is 0 Å². The van der Waals surface area contributed by atoms with Gasteiger partial charge in [-0.25, -0.2) is 0 Å². The molecule has 3 atom stereocenters. The summed E-state index contributed by atoms with van der Waals surface area (Å²) in [5.41, 5.74) is 6.51. The minimum atomic E-state index is -0.233. The Bertz CT molecular complexity index is 1090. The summed E-state index contributed by atoms with van der Waals surface area (Å²) >= 11 is 0. The van der Waals surface area contributed by atoms with Crippen LogP contribution in [0.1, 0.15) is 41.5 Å². The number of rotatable bonds is 2. The van der Waals surface area contributed by atoms with Gasteiger partial charge in [-0.2, -0.15) is 0 Å². The van der Waals surface area contributed by atoms with Gasteiger partial charge in [0.1, 0.15) is 5.78 Å². The van der Waals surface area contributed by atoms with Crippen LogP contribution in [0.3, 0.4) is 0 Å². The van der Waals surface area contributed by atoms with E-state index in [-0.39, 0.29) is 23.7 Å². The molecule has 0 saturated heterocycles. The number of carbonyl (C=O) groups is 1. The van der Waals surface area contributed by atoms with Crippen LogP contribution >= 0.6 is 0 Å². The monoisotopic (exact) mass is 380 g/mol. The molecule has 5 rings (SSSR count). The molecular formula is C26H24N2O. The van der Waals surface area contributed by atoms with Gasteiger partial charge in [0.2, 0.25) is 0 Å². The molecule has 2 aliphatic rings. The number of aliphatic imine (C=N–C) groups is 1. The van der Waals surface area contributed by atoms with Crippen LogP contribution in [-0.2, 0) is 4.79 Å². The van der Waals surface area contributed by atoms with Crippen molar-refractivity contribution in [2.45, 2.75) is 31.7 Å². The van der Waals surface area contributed by atoms with Crippen molar-refractivity contribution < 1.29 is 4.79 Å². The molecule has 3 aromatic carbocycles. The van der Waals surface area contributed by atoms with E-state index in [1.165, 1.54) is 16.7 Å². The van der Waals surface area contributed by atoms with Crippen LogP contribution < -0.4 is 5.32 Å². The SMILES string of the molecule is Cc1ccccc1C1Nc2ccccc2N=C2CC(c3ccccc3)CC(=O)C21. The number of para-hydroxylation sites is 2. The third-order valence-corrected chi connectivity index (χ3v) is 6.22. The lowest BCUT2D eigenvalue weighted by Crippen LogP contribution is -2.39. The van der Waals surface area contributed by atoms with Gasteiger partial charge >= 0.3 is 0 Å². The maximum atomic E-state index is 13.5. The molecule has 0 bridgehead atoms. The Labute approximate surface area is 171 Å². The van der Waals surface area contributed by atoms with Crippen molar-refractivity contribution in [1.82, 2.24) is 0 Å². The quantitative estimate of drug-likeness (QED) is 0.593. The zero-order chi connectivity index (χ0) is 19.8. The second kappa shape index (κ2) is 7.32. The summed E-state index contributed by atoms with van der Waals surface area (Å²) in [6, 6.07) is 26.7. The predicted molar refractivity (Wildman–Crippen MR) is 118 cm³/mol. The van der Waals surface area contributed by atoms with Crippen molar-refractivity contribution in [3.8, 4) is 0 Å². The molecule has 0 aromatic heterocycles. The van der Waals surface area contributed by atoms with E-state index >= 15 is 0 Å². The van der Waals surface area contributed by atoms with E-state index in [1.54, 1.807) is 0 Å². The first kappa shape index (κ1) is 17.9. The number of hydrogen-bond acceptors (Lipinski definition) is 3.